The molecule has 7 aromatic rings. The van der Waals surface area contributed by atoms with E-state index in [-0.39, 0.29) is 0 Å². The molecule has 0 saturated heterocycles. The van der Waals surface area contributed by atoms with Crippen LogP contribution in [0.5, 0.6) is 0 Å². The van der Waals surface area contributed by atoms with E-state index >= 15 is 0 Å². The summed E-state index contributed by atoms with van der Waals surface area (Å²) in [4.78, 5) is 4.71. The van der Waals surface area contributed by atoms with E-state index in [1.807, 2.05) is 0 Å². The molecule has 5 aromatic carbocycles. The molecule has 0 N–H and O–H groups in total. The molecular weight excluding hydrogens is 452 g/mol. The lowest BCUT2D eigenvalue weighted by atomic mass is 10.0. The van der Waals surface area contributed by atoms with E-state index in [0.29, 0.717) is 5.89 Å². The Morgan fingerprint density at radius 1 is 0.649 bits per heavy atom. The summed E-state index contributed by atoms with van der Waals surface area (Å²) < 4.78 is 8.44. The van der Waals surface area contributed by atoms with Crippen LogP contribution < -0.4 is 0 Å². The van der Waals surface area contributed by atoms with Crippen molar-refractivity contribution in [3.05, 3.63) is 121 Å². The molecule has 0 atom stereocenters. The van der Waals surface area contributed by atoms with Crippen molar-refractivity contribution in [3.63, 3.8) is 0 Å². The summed E-state index contributed by atoms with van der Waals surface area (Å²) in [5.41, 5.74) is 9.98. The van der Waals surface area contributed by atoms with Crippen LogP contribution in [0.1, 0.15) is 18.9 Å². The third-order valence-electron chi connectivity index (χ3n) is 7.16. The van der Waals surface area contributed by atoms with Gasteiger partial charge in [0.25, 0.3) is 0 Å². The van der Waals surface area contributed by atoms with Gasteiger partial charge in [-0.1, -0.05) is 80.1 Å². The summed E-state index contributed by atoms with van der Waals surface area (Å²) in [6.07, 6.45) is 2.17. The van der Waals surface area contributed by atoms with Crippen LogP contribution in [0.15, 0.2) is 120 Å². The summed E-state index contributed by atoms with van der Waals surface area (Å²) in [5, 5.41) is 2.55. The molecule has 0 saturated carbocycles. The fourth-order valence-corrected chi connectivity index (χ4v) is 5.35. The molecule has 2 heterocycles. The summed E-state index contributed by atoms with van der Waals surface area (Å²) >= 11 is 0. The predicted molar refractivity (Wildman–Crippen MR) is 153 cm³/mol. The molecule has 3 nitrogen and oxygen atoms in total. The third-order valence-corrected chi connectivity index (χ3v) is 7.16. The number of fused-ring (bicyclic) bond motifs is 4. The Bertz CT molecular complexity index is 1820. The standard InChI is InChI=1S/C34H26N2O/c1-2-7-23-12-21-30-33(22-23)37-34(35-30)26-15-13-24(14-16-26)25-17-19-27(20-18-25)36-31-10-5-3-8-28(31)29-9-4-6-11-32(29)36/h3-6,8-22H,2,7H2,1H3. The number of aryl methyl sites for hydroxylation is 1. The number of hydrogen-bond acceptors (Lipinski definition) is 2. The van der Waals surface area contributed by atoms with Gasteiger partial charge in [0.1, 0.15) is 5.52 Å². The van der Waals surface area contributed by atoms with Gasteiger partial charge in [0.2, 0.25) is 5.89 Å². The molecule has 0 radical (unpaired) electrons. The third kappa shape index (κ3) is 3.71. The van der Waals surface area contributed by atoms with Crippen molar-refractivity contribution in [2.45, 2.75) is 19.8 Å². The van der Waals surface area contributed by atoms with Crippen molar-refractivity contribution in [3.8, 4) is 28.3 Å². The zero-order chi connectivity index (χ0) is 24.8. The summed E-state index contributed by atoms with van der Waals surface area (Å²) in [6, 6.07) is 40.8. The SMILES string of the molecule is CCCc1ccc2nc(-c3ccc(-c4ccc(-n5c6ccccc6c6ccccc65)cc4)cc3)oc2c1. The van der Waals surface area contributed by atoms with Crippen molar-refractivity contribution in [1.29, 1.82) is 0 Å². The minimum atomic E-state index is 0.664. The van der Waals surface area contributed by atoms with Crippen molar-refractivity contribution < 1.29 is 4.42 Å². The number of nitrogens with zero attached hydrogens (tertiary/aromatic N) is 2. The molecule has 0 amide bonds. The minimum Gasteiger partial charge on any atom is -0.436 e. The number of aromatic nitrogens is 2. The molecular formula is C34H26N2O. The molecule has 2 aromatic heterocycles. The molecule has 0 fully saturated rings. The molecule has 0 spiro atoms. The Balaban J connectivity index is 1.20. The van der Waals surface area contributed by atoms with E-state index < -0.39 is 0 Å². The normalized spacial score (nSPS) is 11.6. The highest BCUT2D eigenvalue weighted by molar-refractivity contribution is 6.09. The smallest absolute Gasteiger partial charge is 0.227 e. The van der Waals surface area contributed by atoms with Gasteiger partial charge in [-0.15, -0.1) is 0 Å². The molecule has 3 heteroatoms. The van der Waals surface area contributed by atoms with Gasteiger partial charge in [-0.2, -0.15) is 0 Å². The summed E-state index contributed by atoms with van der Waals surface area (Å²) in [5.74, 6) is 0.664. The number of para-hydroxylation sites is 2. The first-order valence-corrected chi connectivity index (χ1v) is 12.9. The summed E-state index contributed by atoms with van der Waals surface area (Å²) in [7, 11) is 0. The maximum atomic E-state index is 6.10. The van der Waals surface area contributed by atoms with E-state index in [1.54, 1.807) is 0 Å². The topological polar surface area (TPSA) is 31.0 Å². The first-order chi connectivity index (χ1) is 18.3. The largest absolute Gasteiger partial charge is 0.436 e. The van der Waals surface area contributed by atoms with Crippen LogP contribution in [0.4, 0.5) is 0 Å². The van der Waals surface area contributed by atoms with E-state index in [4.69, 9.17) is 9.40 Å². The number of oxazole rings is 1. The van der Waals surface area contributed by atoms with E-state index in [2.05, 4.69) is 127 Å². The molecule has 178 valence electrons. The lowest BCUT2D eigenvalue weighted by Crippen LogP contribution is -1.93. The molecule has 0 aliphatic carbocycles. The Kier molecular flexibility index (Phi) is 5.14. The van der Waals surface area contributed by atoms with Gasteiger partial charge in [-0.25, -0.2) is 4.98 Å². The Morgan fingerprint density at radius 2 is 1.24 bits per heavy atom. The van der Waals surface area contributed by atoms with Crippen LogP contribution in [-0.2, 0) is 6.42 Å². The van der Waals surface area contributed by atoms with Crippen molar-refractivity contribution in [1.82, 2.24) is 9.55 Å². The average Bonchev–Trinajstić information content (AvgIpc) is 3.53. The fourth-order valence-electron chi connectivity index (χ4n) is 5.35. The Labute approximate surface area is 215 Å². The first kappa shape index (κ1) is 21.6. The molecule has 37 heavy (non-hydrogen) atoms. The van der Waals surface area contributed by atoms with Gasteiger partial charge >= 0.3 is 0 Å². The van der Waals surface area contributed by atoms with Crippen LogP contribution >= 0.6 is 0 Å². The lowest BCUT2D eigenvalue weighted by Gasteiger charge is -2.09. The highest BCUT2D eigenvalue weighted by Gasteiger charge is 2.12. The lowest BCUT2D eigenvalue weighted by molar-refractivity contribution is 0.619. The van der Waals surface area contributed by atoms with Crippen molar-refractivity contribution >= 4 is 32.9 Å². The second-order valence-electron chi connectivity index (χ2n) is 9.57. The highest BCUT2D eigenvalue weighted by atomic mass is 16.3. The van der Waals surface area contributed by atoms with Gasteiger partial charge in [-0.3, -0.25) is 0 Å². The zero-order valence-corrected chi connectivity index (χ0v) is 20.7. The second-order valence-corrected chi connectivity index (χ2v) is 9.57. The average molecular weight is 479 g/mol. The Morgan fingerprint density at radius 3 is 1.89 bits per heavy atom. The Hall–Kier alpha value is -4.63. The van der Waals surface area contributed by atoms with Crippen LogP contribution in [0.2, 0.25) is 0 Å². The van der Waals surface area contributed by atoms with Crippen LogP contribution in [0.25, 0.3) is 61.2 Å². The van der Waals surface area contributed by atoms with Crippen molar-refractivity contribution in [2.75, 3.05) is 0 Å². The second kappa shape index (κ2) is 8.79. The molecule has 0 unspecified atom stereocenters. The quantitative estimate of drug-likeness (QED) is 0.247. The molecule has 0 aliphatic rings. The van der Waals surface area contributed by atoms with Gasteiger partial charge < -0.3 is 8.98 Å². The number of rotatable bonds is 5. The van der Waals surface area contributed by atoms with E-state index in [1.165, 1.54) is 38.5 Å². The van der Waals surface area contributed by atoms with Crippen LogP contribution in [0, 0.1) is 0 Å². The highest BCUT2D eigenvalue weighted by Crippen LogP contribution is 2.33. The van der Waals surface area contributed by atoms with Crippen LogP contribution in [-0.4, -0.2) is 9.55 Å². The summed E-state index contributed by atoms with van der Waals surface area (Å²) in [6.45, 7) is 2.19. The maximum Gasteiger partial charge on any atom is 0.227 e. The first-order valence-electron chi connectivity index (χ1n) is 12.9. The number of benzene rings is 5. The van der Waals surface area contributed by atoms with E-state index in [0.717, 1.165) is 35.2 Å². The molecule has 0 aliphatic heterocycles. The van der Waals surface area contributed by atoms with Crippen molar-refractivity contribution in [2.24, 2.45) is 0 Å². The van der Waals surface area contributed by atoms with Gasteiger partial charge in [0.15, 0.2) is 5.58 Å². The van der Waals surface area contributed by atoms with Crippen LogP contribution in [0.3, 0.4) is 0 Å². The van der Waals surface area contributed by atoms with Gasteiger partial charge in [0.05, 0.1) is 11.0 Å². The van der Waals surface area contributed by atoms with Gasteiger partial charge in [-0.05, 0) is 71.6 Å². The van der Waals surface area contributed by atoms with E-state index in [9.17, 15) is 0 Å². The monoisotopic (exact) mass is 478 g/mol. The molecule has 0 bridgehead atoms. The maximum absolute atomic E-state index is 6.10. The number of hydrogen-bond donors (Lipinski definition) is 0. The van der Waals surface area contributed by atoms with Gasteiger partial charge in [0, 0.05) is 22.0 Å². The minimum absolute atomic E-state index is 0.664. The molecule has 7 rings (SSSR count). The fraction of sp³-hybridized carbons (Fsp3) is 0.0882. The predicted octanol–water partition coefficient (Wildman–Crippen LogP) is 9.21. The zero-order valence-electron chi connectivity index (χ0n) is 20.7.